The molecule has 332 valence electrons. The van der Waals surface area contributed by atoms with Gasteiger partial charge in [-0.3, -0.25) is 19.2 Å². The van der Waals surface area contributed by atoms with Crippen LogP contribution in [0.1, 0.15) is 117 Å². The molecule has 0 spiro atoms. The molecule has 4 unspecified atom stereocenters. The van der Waals surface area contributed by atoms with Crippen LogP contribution >= 0.6 is 0 Å². The summed E-state index contributed by atoms with van der Waals surface area (Å²) in [5.41, 5.74) is 0.206. The molecule has 6 amide bonds. The van der Waals surface area contributed by atoms with Crippen LogP contribution < -0.4 is 21.3 Å². The van der Waals surface area contributed by atoms with Crippen molar-refractivity contribution in [2.24, 2.45) is 11.3 Å². The zero-order valence-corrected chi connectivity index (χ0v) is 37.1. The number of sulfone groups is 1. The summed E-state index contributed by atoms with van der Waals surface area (Å²) in [5.74, 6) is -3.08. The summed E-state index contributed by atoms with van der Waals surface area (Å²) in [4.78, 5) is 86.0. The van der Waals surface area contributed by atoms with Gasteiger partial charge in [0.1, 0.15) is 18.2 Å². The first kappa shape index (κ1) is 46.6. The molecule has 1 saturated heterocycles. The van der Waals surface area contributed by atoms with E-state index in [0.29, 0.717) is 32.4 Å². The molecule has 4 atom stereocenters. The quantitative estimate of drug-likeness (QED) is 0.155. The number of amides is 6. The Morgan fingerprint density at radius 1 is 0.950 bits per heavy atom. The van der Waals surface area contributed by atoms with Crippen molar-refractivity contribution in [3.05, 3.63) is 48.0 Å². The number of ether oxygens (including phenoxy) is 1. The maximum atomic E-state index is 14.8. The molecule has 0 radical (unpaired) electrons. The van der Waals surface area contributed by atoms with Crippen molar-refractivity contribution in [3.63, 3.8) is 0 Å². The molecule has 4 N–H and O–H groups in total. The molecule has 0 bridgehead atoms. The lowest BCUT2D eigenvalue weighted by Gasteiger charge is -2.41. The lowest BCUT2D eigenvalue weighted by atomic mass is 9.80. The summed E-state index contributed by atoms with van der Waals surface area (Å²) in [5, 5.41) is 11.1. The Labute approximate surface area is 355 Å². The predicted octanol–water partition coefficient (Wildman–Crippen LogP) is 4.33. The van der Waals surface area contributed by atoms with E-state index < -0.39 is 85.4 Å². The maximum Gasteiger partial charge on any atom is 0.410 e. The average Bonchev–Trinajstić information content (AvgIpc) is 3.59. The minimum absolute atomic E-state index is 0.0670. The Balaban J connectivity index is 1.39. The number of urea groups is 1. The highest BCUT2D eigenvalue weighted by Gasteiger charge is 2.48. The number of likely N-dealkylation sites (tertiary alicyclic amines) is 1. The fraction of sp³-hybridized carbons (Fsp3) is 0.682. The third-order valence-electron chi connectivity index (χ3n) is 12.5. The number of Topliss-reactive ketones (excluding diaryl/α,β-unsaturated/α-hetero) is 1. The number of nitrogens with one attached hydrogen (secondary N) is 4. The Morgan fingerprint density at radius 3 is 2.22 bits per heavy atom. The van der Waals surface area contributed by atoms with Gasteiger partial charge in [-0.25, -0.2) is 18.0 Å². The highest BCUT2D eigenvalue weighted by molar-refractivity contribution is 7.92. The summed E-state index contributed by atoms with van der Waals surface area (Å²) in [6, 6.07) is 3.55. The van der Waals surface area contributed by atoms with Crippen LogP contribution in [0.4, 0.5) is 9.59 Å². The van der Waals surface area contributed by atoms with Gasteiger partial charge in [0.25, 0.3) is 5.91 Å². The lowest BCUT2D eigenvalue weighted by molar-refractivity contribution is -0.144. The molecule has 2 saturated carbocycles. The van der Waals surface area contributed by atoms with Crippen molar-refractivity contribution in [1.82, 2.24) is 31.1 Å². The van der Waals surface area contributed by atoms with Gasteiger partial charge in [-0.2, -0.15) is 0 Å². The number of rotatable bonds is 14. The van der Waals surface area contributed by atoms with Crippen molar-refractivity contribution in [3.8, 4) is 0 Å². The van der Waals surface area contributed by atoms with Gasteiger partial charge in [-0.15, -0.1) is 6.58 Å². The minimum Gasteiger partial charge on any atom is -0.444 e. The zero-order chi connectivity index (χ0) is 44.0. The van der Waals surface area contributed by atoms with Gasteiger partial charge in [-0.1, -0.05) is 89.6 Å². The molecule has 16 heteroatoms. The Hall–Kier alpha value is -4.47. The van der Waals surface area contributed by atoms with Crippen LogP contribution in [-0.4, -0.2) is 114 Å². The first-order valence-electron chi connectivity index (χ1n) is 21.5. The monoisotopic (exact) mass is 854 g/mol. The van der Waals surface area contributed by atoms with E-state index in [0.717, 1.165) is 49.7 Å². The van der Waals surface area contributed by atoms with Gasteiger partial charge in [0.05, 0.1) is 28.6 Å². The molecule has 2 heterocycles. The van der Waals surface area contributed by atoms with E-state index in [2.05, 4.69) is 27.8 Å². The molecule has 1 aromatic rings. The van der Waals surface area contributed by atoms with E-state index in [9.17, 15) is 37.2 Å². The van der Waals surface area contributed by atoms with Crippen molar-refractivity contribution in [2.75, 3.05) is 25.4 Å². The van der Waals surface area contributed by atoms with Gasteiger partial charge in [-0.05, 0) is 68.9 Å². The minimum atomic E-state index is -3.64. The maximum absolute atomic E-state index is 14.8. The third-order valence-corrected chi connectivity index (χ3v) is 15.3. The number of ketones is 1. The molecule has 0 aromatic heterocycles. The number of benzene rings is 1. The molecule has 2 aliphatic heterocycles. The van der Waals surface area contributed by atoms with E-state index in [1.807, 2.05) is 24.3 Å². The Morgan fingerprint density at radius 2 is 1.62 bits per heavy atom. The van der Waals surface area contributed by atoms with E-state index >= 15 is 0 Å². The smallest absolute Gasteiger partial charge is 0.410 e. The van der Waals surface area contributed by atoms with Crippen molar-refractivity contribution in [1.29, 1.82) is 0 Å². The average molecular weight is 855 g/mol. The van der Waals surface area contributed by atoms with Gasteiger partial charge >= 0.3 is 12.1 Å². The van der Waals surface area contributed by atoms with Crippen LogP contribution in [-0.2, 0) is 46.7 Å². The van der Waals surface area contributed by atoms with Crippen molar-refractivity contribution < 1.29 is 41.9 Å². The number of hydrogen-bond acceptors (Lipinski definition) is 9. The summed E-state index contributed by atoms with van der Waals surface area (Å²) in [6.07, 6.45) is 6.73. The predicted molar refractivity (Wildman–Crippen MR) is 227 cm³/mol. The van der Waals surface area contributed by atoms with Crippen LogP contribution in [0, 0.1) is 11.3 Å². The van der Waals surface area contributed by atoms with Crippen LogP contribution in [0.2, 0.25) is 0 Å². The van der Waals surface area contributed by atoms with Gasteiger partial charge in [0.2, 0.25) is 17.6 Å². The normalized spacial score (nSPS) is 21.6. The van der Waals surface area contributed by atoms with E-state index in [1.165, 1.54) is 11.0 Å². The Kier molecular flexibility index (Phi) is 14.8. The topological polar surface area (TPSA) is 200 Å². The van der Waals surface area contributed by atoms with Gasteiger partial charge < -0.3 is 35.8 Å². The lowest BCUT2D eigenvalue weighted by Crippen LogP contribution is -2.63. The number of carbonyl (C=O) groups is 6. The summed E-state index contributed by atoms with van der Waals surface area (Å²) >= 11 is 0. The summed E-state index contributed by atoms with van der Waals surface area (Å²) in [6.45, 7) is 14.4. The van der Waals surface area contributed by atoms with Crippen molar-refractivity contribution >= 4 is 45.5 Å². The van der Waals surface area contributed by atoms with Gasteiger partial charge in [0, 0.05) is 26.1 Å². The third kappa shape index (κ3) is 11.5. The SMILES string of the molecule is C=CCNC(=O)C(=O)C(CC1CCC1)NC(=O)C1CC(OC(=O)N2CCc3ccccc3C2)CN1C(=O)C(NC(=O)NC1(CS(=O)(=O)C(C)(C)C)CCCCC1)C(C)(C)C. The fourth-order valence-electron chi connectivity index (χ4n) is 8.55. The summed E-state index contributed by atoms with van der Waals surface area (Å²) < 4.78 is 31.9. The van der Waals surface area contributed by atoms with E-state index in [-0.39, 0.29) is 37.6 Å². The molecular formula is C44H66N6O9S. The molecule has 2 aliphatic carbocycles. The number of fused-ring (bicyclic) bond motifs is 1. The largest absolute Gasteiger partial charge is 0.444 e. The Bertz CT molecular complexity index is 1890. The number of carbonyl (C=O) groups excluding carboxylic acids is 6. The fourth-order valence-corrected chi connectivity index (χ4v) is 10.1. The highest BCUT2D eigenvalue weighted by atomic mass is 32.2. The second-order valence-corrected chi connectivity index (χ2v) is 22.0. The zero-order valence-electron chi connectivity index (χ0n) is 36.3. The molecule has 15 nitrogen and oxygen atoms in total. The van der Waals surface area contributed by atoms with Crippen LogP contribution in [0.3, 0.4) is 0 Å². The summed E-state index contributed by atoms with van der Waals surface area (Å²) in [7, 11) is -3.64. The number of nitrogens with zero attached hydrogens (tertiary/aromatic N) is 2. The molecule has 5 rings (SSSR count). The van der Waals surface area contributed by atoms with Crippen LogP contribution in [0.5, 0.6) is 0 Å². The first-order valence-corrected chi connectivity index (χ1v) is 23.2. The molecule has 1 aromatic carbocycles. The van der Waals surface area contributed by atoms with Crippen LogP contribution in [0.15, 0.2) is 36.9 Å². The second-order valence-electron chi connectivity index (χ2n) is 19.3. The number of hydrogen-bond donors (Lipinski definition) is 4. The van der Waals surface area contributed by atoms with E-state index in [4.69, 9.17) is 4.74 Å². The second kappa shape index (κ2) is 19.1. The van der Waals surface area contributed by atoms with Crippen LogP contribution in [0.25, 0.3) is 0 Å². The molecule has 60 heavy (non-hydrogen) atoms. The van der Waals surface area contributed by atoms with Crippen molar-refractivity contribution in [2.45, 2.75) is 153 Å². The molecular weight excluding hydrogens is 789 g/mol. The van der Waals surface area contributed by atoms with Gasteiger partial charge in [0.15, 0.2) is 9.84 Å². The molecule has 3 fully saturated rings. The van der Waals surface area contributed by atoms with E-state index in [1.54, 1.807) is 46.4 Å². The first-order chi connectivity index (χ1) is 28.1. The highest BCUT2D eigenvalue weighted by Crippen LogP contribution is 2.34. The molecule has 4 aliphatic rings. The standard InChI is InChI=1S/C44H66N6O9S/c1-8-22-45-38(53)35(51)33(24-29-15-14-16-29)46-37(52)34-25-32(59-41(56)49-23-19-30-17-10-11-18-31(30)26-49)27-50(34)39(54)36(42(2,3)4)47-40(55)48-44(20-12-9-13-21-44)28-60(57,58)43(5,6)7/h8,10-11,17-18,29,32-34,36H,1,9,12-16,19-28H2,2-7H3,(H,45,53)(H,46,52)(H2,47,48,55).